The summed E-state index contributed by atoms with van der Waals surface area (Å²) >= 11 is 0. The maximum Gasteiger partial charge on any atom is 0.263 e. The van der Waals surface area contributed by atoms with Crippen molar-refractivity contribution in [3.05, 3.63) is 69.6 Å². The van der Waals surface area contributed by atoms with E-state index >= 15 is 0 Å². The highest BCUT2D eigenvalue weighted by Gasteiger charge is 2.17. The fraction of sp³-hybridized carbons (Fsp3) is 0.435. The van der Waals surface area contributed by atoms with E-state index in [0.717, 1.165) is 31.5 Å². The molecule has 7 heteroatoms. The standard InChI is InChI=1S/C23H30N4O3/c1-24-22(29)20-13-19(16-27(23(20)30)15-18-7-3-2-4-8-18)21(28)26-12-6-10-17-9-5-11-25-14-17/h2-4,7-8,13,16-17,25H,5-6,9-12,14-15H2,1H3,(H,24,29)(H,26,28). The van der Waals surface area contributed by atoms with Crippen LogP contribution in [-0.4, -0.2) is 43.1 Å². The molecular weight excluding hydrogens is 380 g/mol. The Labute approximate surface area is 176 Å². The topological polar surface area (TPSA) is 92.2 Å². The van der Waals surface area contributed by atoms with Crippen molar-refractivity contribution in [2.24, 2.45) is 5.92 Å². The molecule has 3 N–H and O–H groups in total. The van der Waals surface area contributed by atoms with Crippen molar-refractivity contribution in [3.8, 4) is 0 Å². The Kier molecular flexibility index (Phi) is 7.79. The Morgan fingerprint density at radius 2 is 2.00 bits per heavy atom. The molecule has 0 spiro atoms. The molecule has 0 aliphatic carbocycles. The molecule has 0 radical (unpaired) electrons. The number of carbonyl (C=O) groups is 2. The van der Waals surface area contributed by atoms with Gasteiger partial charge in [-0.3, -0.25) is 14.4 Å². The van der Waals surface area contributed by atoms with Crippen LogP contribution < -0.4 is 21.5 Å². The number of rotatable bonds is 8. The number of pyridine rings is 1. The van der Waals surface area contributed by atoms with Crippen LogP contribution in [0.4, 0.5) is 0 Å². The van der Waals surface area contributed by atoms with E-state index in [9.17, 15) is 14.4 Å². The highest BCUT2D eigenvalue weighted by atomic mass is 16.2. The summed E-state index contributed by atoms with van der Waals surface area (Å²) < 4.78 is 1.42. The molecule has 2 amide bonds. The normalized spacial score (nSPS) is 16.1. The van der Waals surface area contributed by atoms with Crippen LogP contribution in [0.25, 0.3) is 0 Å². The SMILES string of the molecule is CNC(=O)c1cc(C(=O)NCCCC2CCCNC2)cn(Cc2ccccc2)c1=O. The van der Waals surface area contributed by atoms with Gasteiger partial charge in [0.1, 0.15) is 5.56 Å². The van der Waals surface area contributed by atoms with Crippen molar-refractivity contribution in [3.63, 3.8) is 0 Å². The van der Waals surface area contributed by atoms with Crippen molar-refractivity contribution < 1.29 is 9.59 Å². The number of piperidine rings is 1. The minimum atomic E-state index is -0.499. The molecule has 3 rings (SSSR count). The highest BCUT2D eigenvalue weighted by molar-refractivity contribution is 5.99. The van der Waals surface area contributed by atoms with Gasteiger partial charge < -0.3 is 20.5 Å². The lowest BCUT2D eigenvalue weighted by Crippen LogP contribution is -2.34. The fourth-order valence-corrected chi connectivity index (χ4v) is 3.82. The molecule has 30 heavy (non-hydrogen) atoms. The van der Waals surface area contributed by atoms with E-state index in [1.165, 1.54) is 36.7 Å². The Balaban J connectivity index is 1.70. The Morgan fingerprint density at radius 3 is 2.70 bits per heavy atom. The van der Waals surface area contributed by atoms with Gasteiger partial charge in [-0.05, 0) is 56.3 Å². The molecule has 1 aromatic heterocycles. The van der Waals surface area contributed by atoms with E-state index in [1.54, 1.807) is 0 Å². The summed E-state index contributed by atoms with van der Waals surface area (Å²) in [6.07, 6.45) is 5.96. The average molecular weight is 411 g/mol. The predicted molar refractivity (Wildman–Crippen MR) is 117 cm³/mol. The molecule has 1 saturated heterocycles. The lowest BCUT2D eigenvalue weighted by Gasteiger charge is -2.22. The first-order valence-electron chi connectivity index (χ1n) is 10.6. The number of benzene rings is 1. The summed E-state index contributed by atoms with van der Waals surface area (Å²) in [5.74, 6) is -0.103. The fourth-order valence-electron chi connectivity index (χ4n) is 3.82. The van der Waals surface area contributed by atoms with E-state index in [4.69, 9.17) is 0 Å². The van der Waals surface area contributed by atoms with Gasteiger partial charge in [0.25, 0.3) is 17.4 Å². The van der Waals surface area contributed by atoms with Gasteiger partial charge in [0.2, 0.25) is 0 Å². The number of nitrogens with one attached hydrogen (secondary N) is 3. The number of aromatic nitrogens is 1. The predicted octanol–water partition coefficient (Wildman–Crippen LogP) is 1.77. The smallest absolute Gasteiger partial charge is 0.263 e. The van der Waals surface area contributed by atoms with Crippen LogP contribution >= 0.6 is 0 Å². The summed E-state index contributed by atoms with van der Waals surface area (Å²) in [4.78, 5) is 37.6. The van der Waals surface area contributed by atoms with Crippen LogP contribution in [0.15, 0.2) is 47.4 Å². The van der Waals surface area contributed by atoms with Crippen LogP contribution in [0, 0.1) is 5.92 Å². The van der Waals surface area contributed by atoms with Crippen LogP contribution in [0.1, 0.15) is 52.0 Å². The van der Waals surface area contributed by atoms with E-state index < -0.39 is 11.5 Å². The molecule has 160 valence electrons. The van der Waals surface area contributed by atoms with E-state index in [0.29, 0.717) is 24.6 Å². The third kappa shape index (κ3) is 5.79. The quantitative estimate of drug-likeness (QED) is 0.579. The lowest BCUT2D eigenvalue weighted by molar-refractivity contribution is 0.0951. The third-order valence-electron chi connectivity index (χ3n) is 5.49. The van der Waals surface area contributed by atoms with Gasteiger partial charge in [0, 0.05) is 19.8 Å². The molecule has 1 fully saturated rings. The van der Waals surface area contributed by atoms with E-state index in [-0.39, 0.29) is 11.5 Å². The van der Waals surface area contributed by atoms with Gasteiger partial charge in [0.15, 0.2) is 0 Å². The van der Waals surface area contributed by atoms with Crippen LogP contribution in [0.5, 0.6) is 0 Å². The molecule has 0 saturated carbocycles. The molecule has 1 unspecified atom stereocenters. The zero-order chi connectivity index (χ0) is 21.3. The van der Waals surface area contributed by atoms with Gasteiger partial charge in [-0.2, -0.15) is 0 Å². The third-order valence-corrected chi connectivity index (χ3v) is 5.49. The molecule has 1 aromatic carbocycles. The summed E-state index contributed by atoms with van der Waals surface area (Å²) in [5, 5.41) is 8.81. The maximum absolute atomic E-state index is 12.7. The molecule has 1 aliphatic heterocycles. The van der Waals surface area contributed by atoms with E-state index in [2.05, 4.69) is 16.0 Å². The van der Waals surface area contributed by atoms with Crippen LogP contribution in [0.2, 0.25) is 0 Å². The van der Waals surface area contributed by atoms with Crippen molar-refractivity contribution in [1.82, 2.24) is 20.5 Å². The molecule has 2 heterocycles. The van der Waals surface area contributed by atoms with Crippen LogP contribution in [0.3, 0.4) is 0 Å². The zero-order valence-electron chi connectivity index (χ0n) is 17.4. The van der Waals surface area contributed by atoms with Crippen molar-refractivity contribution >= 4 is 11.8 Å². The second-order valence-electron chi connectivity index (χ2n) is 7.75. The molecular formula is C23H30N4O3. The number of amides is 2. The van der Waals surface area contributed by atoms with Gasteiger partial charge in [-0.15, -0.1) is 0 Å². The maximum atomic E-state index is 12.7. The molecule has 7 nitrogen and oxygen atoms in total. The highest BCUT2D eigenvalue weighted by Crippen LogP contribution is 2.15. The number of hydrogen-bond acceptors (Lipinski definition) is 4. The molecule has 0 bridgehead atoms. The van der Waals surface area contributed by atoms with Gasteiger partial charge in [-0.1, -0.05) is 30.3 Å². The molecule has 1 aliphatic rings. The second kappa shape index (κ2) is 10.7. The number of hydrogen-bond donors (Lipinski definition) is 3. The van der Waals surface area contributed by atoms with Crippen molar-refractivity contribution in [2.45, 2.75) is 32.2 Å². The Hall–Kier alpha value is -2.93. The first-order chi connectivity index (χ1) is 14.6. The summed E-state index contributed by atoms with van der Waals surface area (Å²) in [7, 11) is 1.47. The molecule has 2 aromatic rings. The number of nitrogens with zero attached hydrogens (tertiary/aromatic N) is 1. The minimum Gasteiger partial charge on any atom is -0.355 e. The first kappa shape index (κ1) is 21.8. The largest absolute Gasteiger partial charge is 0.355 e. The van der Waals surface area contributed by atoms with Crippen molar-refractivity contribution in [1.29, 1.82) is 0 Å². The van der Waals surface area contributed by atoms with Gasteiger partial charge >= 0.3 is 0 Å². The average Bonchev–Trinajstić information content (AvgIpc) is 2.78. The van der Waals surface area contributed by atoms with Gasteiger partial charge in [-0.25, -0.2) is 0 Å². The minimum absolute atomic E-state index is 0.0330. The van der Waals surface area contributed by atoms with E-state index in [1.807, 2.05) is 30.3 Å². The Bertz CT molecular complexity index is 918. The lowest BCUT2D eigenvalue weighted by atomic mass is 9.95. The molecule has 1 atom stereocenters. The summed E-state index contributed by atoms with van der Waals surface area (Å²) in [5.41, 5.74) is 0.776. The first-order valence-corrected chi connectivity index (χ1v) is 10.6. The van der Waals surface area contributed by atoms with Gasteiger partial charge in [0.05, 0.1) is 12.1 Å². The summed E-state index contributed by atoms with van der Waals surface area (Å²) in [6.45, 7) is 3.01. The number of carbonyl (C=O) groups excluding carboxylic acids is 2. The van der Waals surface area contributed by atoms with Crippen LogP contribution in [-0.2, 0) is 6.54 Å². The zero-order valence-corrected chi connectivity index (χ0v) is 17.4. The second-order valence-corrected chi connectivity index (χ2v) is 7.75. The van der Waals surface area contributed by atoms with Crippen molar-refractivity contribution in [2.75, 3.05) is 26.7 Å². The summed E-state index contributed by atoms with van der Waals surface area (Å²) in [6, 6.07) is 10.9. The Morgan fingerprint density at radius 1 is 1.20 bits per heavy atom. The monoisotopic (exact) mass is 410 g/mol.